The van der Waals surface area contributed by atoms with Crippen LogP contribution >= 0.6 is 27.3 Å². The molecule has 1 heterocycles. The fraction of sp³-hybridized carbons (Fsp3) is 0.250. The summed E-state index contributed by atoms with van der Waals surface area (Å²) in [6.45, 7) is 1.90. The van der Waals surface area contributed by atoms with Gasteiger partial charge in [-0.2, -0.15) is 0 Å². The number of halogens is 1. The van der Waals surface area contributed by atoms with Gasteiger partial charge in [-0.25, -0.2) is 4.79 Å². The molecule has 2 aromatic rings. The summed E-state index contributed by atoms with van der Waals surface area (Å²) in [6, 6.07) is 5.19. The molecule has 0 radical (unpaired) electrons. The van der Waals surface area contributed by atoms with Gasteiger partial charge in [0.2, 0.25) is 5.13 Å². The molecule has 0 unspecified atom stereocenters. The van der Waals surface area contributed by atoms with Gasteiger partial charge in [0.25, 0.3) is 0 Å². The van der Waals surface area contributed by atoms with Gasteiger partial charge in [0.1, 0.15) is 11.3 Å². The lowest BCUT2D eigenvalue weighted by Gasteiger charge is -2.15. The van der Waals surface area contributed by atoms with E-state index in [9.17, 15) is 4.79 Å². The average Bonchev–Trinajstić information content (AvgIpc) is 2.91. The first-order valence-corrected chi connectivity index (χ1v) is 7.44. The molecule has 0 fully saturated rings. The molecule has 2 amide bonds. The number of nitrogens with one attached hydrogen (secondary N) is 2. The number of methoxy groups -OCH3 is 1. The van der Waals surface area contributed by atoms with Gasteiger partial charge in [0, 0.05) is 0 Å². The van der Waals surface area contributed by atoms with Crippen LogP contribution in [0.1, 0.15) is 18.5 Å². The summed E-state index contributed by atoms with van der Waals surface area (Å²) in [6.07, 6.45) is 0. The standard InChI is InChI=1S/C12H13BrN4O2S/c1-7(8-3-4-10(19-2)9(13)5-8)15-11(18)16-12-17-14-6-20-12/h3-7H,1-2H3,(H2,15,16,17,18)/t7-/m0/s1. The van der Waals surface area contributed by atoms with Crippen LogP contribution in [0.2, 0.25) is 0 Å². The highest BCUT2D eigenvalue weighted by Gasteiger charge is 2.12. The monoisotopic (exact) mass is 356 g/mol. The molecular weight excluding hydrogens is 344 g/mol. The zero-order chi connectivity index (χ0) is 14.5. The molecule has 6 nitrogen and oxygen atoms in total. The van der Waals surface area contributed by atoms with E-state index in [0.717, 1.165) is 15.8 Å². The number of hydrogen-bond acceptors (Lipinski definition) is 5. The van der Waals surface area contributed by atoms with Crippen molar-refractivity contribution in [2.75, 3.05) is 12.4 Å². The van der Waals surface area contributed by atoms with Crippen molar-refractivity contribution in [2.24, 2.45) is 0 Å². The SMILES string of the molecule is COc1ccc([C@H](C)NC(=O)Nc2nncs2)cc1Br. The number of nitrogens with zero attached hydrogens (tertiary/aromatic N) is 2. The number of urea groups is 1. The Hall–Kier alpha value is -1.67. The molecule has 106 valence electrons. The Labute approximate surface area is 128 Å². The van der Waals surface area contributed by atoms with Gasteiger partial charge in [-0.05, 0) is 40.5 Å². The molecule has 1 atom stereocenters. The molecule has 20 heavy (non-hydrogen) atoms. The maximum atomic E-state index is 11.8. The van der Waals surface area contributed by atoms with E-state index in [1.165, 1.54) is 11.3 Å². The highest BCUT2D eigenvalue weighted by molar-refractivity contribution is 9.10. The van der Waals surface area contributed by atoms with Crippen LogP contribution in [0.4, 0.5) is 9.93 Å². The molecule has 0 saturated carbocycles. The Kier molecular flexibility index (Phi) is 4.91. The molecule has 8 heteroatoms. The van der Waals surface area contributed by atoms with Crippen molar-refractivity contribution < 1.29 is 9.53 Å². The summed E-state index contributed by atoms with van der Waals surface area (Å²) in [4.78, 5) is 11.8. The topological polar surface area (TPSA) is 76.1 Å². The molecule has 1 aromatic heterocycles. The van der Waals surface area contributed by atoms with Crippen molar-refractivity contribution in [3.8, 4) is 5.75 Å². The number of anilines is 1. The minimum atomic E-state index is -0.318. The van der Waals surface area contributed by atoms with E-state index in [2.05, 4.69) is 36.8 Å². The van der Waals surface area contributed by atoms with Crippen LogP contribution in [-0.4, -0.2) is 23.3 Å². The molecular formula is C12H13BrN4O2S. The number of carbonyl (C=O) groups is 1. The molecule has 2 rings (SSSR count). The number of carbonyl (C=O) groups excluding carboxylic acids is 1. The maximum absolute atomic E-state index is 11.8. The quantitative estimate of drug-likeness (QED) is 0.881. The third-order valence-electron chi connectivity index (χ3n) is 2.60. The number of benzene rings is 1. The first-order valence-electron chi connectivity index (χ1n) is 5.77. The second-order valence-electron chi connectivity index (χ2n) is 3.96. The van der Waals surface area contributed by atoms with Gasteiger partial charge in [-0.3, -0.25) is 5.32 Å². The first kappa shape index (κ1) is 14.7. The summed E-state index contributed by atoms with van der Waals surface area (Å²) in [5.41, 5.74) is 2.52. The Morgan fingerprint density at radius 2 is 2.30 bits per heavy atom. The van der Waals surface area contributed by atoms with Gasteiger partial charge in [0.15, 0.2) is 0 Å². The van der Waals surface area contributed by atoms with Gasteiger partial charge >= 0.3 is 6.03 Å². The fourth-order valence-electron chi connectivity index (χ4n) is 1.59. The predicted octanol–water partition coefficient (Wildman–Crippen LogP) is 3.19. The van der Waals surface area contributed by atoms with E-state index in [-0.39, 0.29) is 12.1 Å². The molecule has 0 aliphatic heterocycles. The van der Waals surface area contributed by atoms with E-state index in [1.807, 2.05) is 25.1 Å². The van der Waals surface area contributed by atoms with Crippen LogP contribution in [0.3, 0.4) is 0 Å². The number of ether oxygens (including phenoxy) is 1. The summed E-state index contributed by atoms with van der Waals surface area (Å²) in [5, 5.41) is 13.3. The Bertz CT molecular complexity index is 591. The Balaban J connectivity index is 1.99. The zero-order valence-electron chi connectivity index (χ0n) is 10.9. The zero-order valence-corrected chi connectivity index (χ0v) is 13.3. The van der Waals surface area contributed by atoms with Crippen LogP contribution in [0.5, 0.6) is 5.75 Å². The predicted molar refractivity (Wildman–Crippen MR) is 81.2 cm³/mol. The molecule has 0 saturated heterocycles. The van der Waals surface area contributed by atoms with Crippen molar-refractivity contribution in [1.82, 2.24) is 15.5 Å². The average molecular weight is 357 g/mol. The van der Waals surface area contributed by atoms with Crippen molar-refractivity contribution in [2.45, 2.75) is 13.0 Å². The van der Waals surface area contributed by atoms with Crippen molar-refractivity contribution >= 4 is 38.4 Å². The van der Waals surface area contributed by atoms with E-state index in [4.69, 9.17) is 4.74 Å². The third kappa shape index (κ3) is 3.67. The third-order valence-corrected chi connectivity index (χ3v) is 3.83. The van der Waals surface area contributed by atoms with E-state index < -0.39 is 0 Å². The Morgan fingerprint density at radius 3 is 2.90 bits per heavy atom. The molecule has 0 bridgehead atoms. The van der Waals surface area contributed by atoms with E-state index in [1.54, 1.807) is 12.6 Å². The lowest BCUT2D eigenvalue weighted by molar-refractivity contribution is 0.249. The molecule has 1 aromatic carbocycles. The first-order chi connectivity index (χ1) is 9.60. The van der Waals surface area contributed by atoms with Crippen LogP contribution in [0.15, 0.2) is 28.2 Å². The smallest absolute Gasteiger partial charge is 0.321 e. The molecule has 2 N–H and O–H groups in total. The lowest BCUT2D eigenvalue weighted by Crippen LogP contribution is -2.31. The summed E-state index contributed by atoms with van der Waals surface area (Å²) >= 11 is 4.68. The largest absolute Gasteiger partial charge is 0.496 e. The minimum Gasteiger partial charge on any atom is -0.496 e. The van der Waals surface area contributed by atoms with Gasteiger partial charge in [-0.15, -0.1) is 10.2 Å². The van der Waals surface area contributed by atoms with Crippen LogP contribution in [0, 0.1) is 0 Å². The summed E-state index contributed by atoms with van der Waals surface area (Å²) < 4.78 is 6.01. The van der Waals surface area contributed by atoms with Crippen LogP contribution in [-0.2, 0) is 0 Å². The minimum absolute atomic E-state index is 0.148. The fourth-order valence-corrected chi connectivity index (χ4v) is 2.59. The van der Waals surface area contributed by atoms with E-state index in [0.29, 0.717) is 5.13 Å². The van der Waals surface area contributed by atoms with Gasteiger partial charge in [-0.1, -0.05) is 17.4 Å². The molecule has 0 aliphatic carbocycles. The Morgan fingerprint density at radius 1 is 1.50 bits per heavy atom. The van der Waals surface area contributed by atoms with Crippen molar-refractivity contribution in [3.05, 3.63) is 33.7 Å². The highest BCUT2D eigenvalue weighted by Crippen LogP contribution is 2.27. The second-order valence-corrected chi connectivity index (χ2v) is 5.65. The van der Waals surface area contributed by atoms with Gasteiger partial charge in [0.05, 0.1) is 17.6 Å². The summed E-state index contributed by atoms with van der Waals surface area (Å²) in [7, 11) is 1.61. The van der Waals surface area contributed by atoms with Crippen molar-refractivity contribution in [3.63, 3.8) is 0 Å². The highest BCUT2D eigenvalue weighted by atomic mass is 79.9. The number of amides is 2. The van der Waals surface area contributed by atoms with E-state index >= 15 is 0 Å². The lowest BCUT2D eigenvalue weighted by atomic mass is 10.1. The van der Waals surface area contributed by atoms with Crippen LogP contribution in [0.25, 0.3) is 0 Å². The molecule has 0 aliphatic rings. The van der Waals surface area contributed by atoms with Gasteiger partial charge < -0.3 is 10.1 Å². The van der Waals surface area contributed by atoms with Crippen LogP contribution < -0.4 is 15.4 Å². The van der Waals surface area contributed by atoms with Crippen molar-refractivity contribution in [1.29, 1.82) is 0 Å². The summed E-state index contributed by atoms with van der Waals surface area (Å²) in [5.74, 6) is 0.749. The second kappa shape index (κ2) is 6.67. The number of aromatic nitrogens is 2. The number of hydrogen-bond donors (Lipinski definition) is 2. The maximum Gasteiger partial charge on any atom is 0.321 e. The number of rotatable bonds is 4. The normalized spacial score (nSPS) is 11.8. The molecule has 0 spiro atoms.